The summed E-state index contributed by atoms with van der Waals surface area (Å²) >= 11 is 11.4. The molecule has 5 nitrogen and oxygen atoms in total. The number of rotatable bonds is 6. The SMILES string of the molecule is CCN(CC)C(=O)c1cc(-c2ccc(F)cc2F)ccc1OC(=O)c1cc(F)c(Cl)nc1Cl. The number of hydrogen-bond acceptors (Lipinski definition) is 4. The topological polar surface area (TPSA) is 59.5 Å². The van der Waals surface area contributed by atoms with Crippen LogP contribution in [0.2, 0.25) is 10.3 Å². The zero-order valence-electron chi connectivity index (χ0n) is 17.5. The summed E-state index contributed by atoms with van der Waals surface area (Å²) in [6.45, 7) is 4.24. The van der Waals surface area contributed by atoms with Crippen molar-refractivity contribution in [2.75, 3.05) is 13.1 Å². The minimum atomic E-state index is -1.07. The zero-order valence-corrected chi connectivity index (χ0v) is 19.0. The number of amides is 1. The molecule has 3 rings (SSSR count). The van der Waals surface area contributed by atoms with E-state index in [1.165, 1.54) is 29.2 Å². The lowest BCUT2D eigenvalue weighted by Gasteiger charge is -2.21. The van der Waals surface area contributed by atoms with E-state index < -0.39 is 40.0 Å². The molecule has 0 saturated heterocycles. The highest BCUT2D eigenvalue weighted by atomic mass is 35.5. The van der Waals surface area contributed by atoms with Gasteiger partial charge in [-0.15, -0.1) is 0 Å². The van der Waals surface area contributed by atoms with Crippen LogP contribution in [0, 0.1) is 17.5 Å². The van der Waals surface area contributed by atoms with Crippen LogP contribution < -0.4 is 4.74 Å². The molecule has 10 heteroatoms. The van der Waals surface area contributed by atoms with Crippen LogP contribution in [-0.4, -0.2) is 34.8 Å². The van der Waals surface area contributed by atoms with Crippen LogP contribution in [0.1, 0.15) is 34.6 Å². The molecular formula is C23H17Cl2F3N2O3. The first-order valence-corrected chi connectivity index (χ1v) is 10.5. The normalized spacial score (nSPS) is 10.8. The second-order valence-electron chi connectivity index (χ2n) is 6.80. The molecule has 3 aromatic rings. The maximum atomic E-state index is 14.3. The van der Waals surface area contributed by atoms with Gasteiger partial charge in [-0.2, -0.15) is 0 Å². The van der Waals surface area contributed by atoms with Gasteiger partial charge in [0.1, 0.15) is 28.1 Å². The van der Waals surface area contributed by atoms with Crippen LogP contribution in [0.15, 0.2) is 42.5 Å². The largest absolute Gasteiger partial charge is 0.422 e. The summed E-state index contributed by atoms with van der Waals surface area (Å²) in [7, 11) is 0. The Morgan fingerprint density at radius 3 is 2.24 bits per heavy atom. The number of hydrogen-bond donors (Lipinski definition) is 0. The van der Waals surface area contributed by atoms with Crippen molar-refractivity contribution in [3.05, 3.63) is 81.3 Å². The minimum absolute atomic E-state index is 0.0493. The average molecular weight is 497 g/mol. The van der Waals surface area contributed by atoms with Gasteiger partial charge in [0.25, 0.3) is 5.91 Å². The fourth-order valence-corrected chi connectivity index (χ4v) is 3.50. The number of carbonyl (C=O) groups excluding carboxylic acids is 2. The second kappa shape index (κ2) is 10.2. The Morgan fingerprint density at radius 1 is 0.909 bits per heavy atom. The molecule has 0 bridgehead atoms. The molecule has 0 fully saturated rings. The lowest BCUT2D eigenvalue weighted by atomic mass is 10.0. The van der Waals surface area contributed by atoms with Crippen LogP contribution in [-0.2, 0) is 0 Å². The van der Waals surface area contributed by atoms with Gasteiger partial charge in [-0.05, 0) is 49.7 Å². The van der Waals surface area contributed by atoms with Crippen molar-refractivity contribution >= 4 is 35.1 Å². The molecule has 0 saturated carbocycles. The third kappa shape index (κ3) is 5.29. The second-order valence-corrected chi connectivity index (χ2v) is 7.52. The maximum absolute atomic E-state index is 14.3. The number of esters is 1. The lowest BCUT2D eigenvalue weighted by Crippen LogP contribution is -2.31. The number of halogens is 5. The molecule has 0 atom stereocenters. The van der Waals surface area contributed by atoms with Gasteiger partial charge >= 0.3 is 5.97 Å². The quantitative estimate of drug-likeness (QED) is 0.232. The van der Waals surface area contributed by atoms with E-state index in [1.807, 2.05) is 0 Å². The standard InChI is InChI=1S/C23H17Cl2F3N2O3/c1-3-30(4-2)22(31)15-9-12(14-7-6-13(26)10-17(14)27)5-8-19(15)33-23(32)16-11-18(28)21(25)29-20(16)24/h5-11H,3-4H2,1-2H3. The summed E-state index contributed by atoms with van der Waals surface area (Å²) in [5.41, 5.74) is -0.129. The van der Waals surface area contributed by atoms with Crippen LogP contribution >= 0.6 is 23.2 Å². The minimum Gasteiger partial charge on any atom is -0.422 e. The molecular weight excluding hydrogens is 480 g/mol. The van der Waals surface area contributed by atoms with E-state index in [0.717, 1.165) is 18.2 Å². The van der Waals surface area contributed by atoms with Gasteiger partial charge < -0.3 is 9.64 Å². The summed E-state index contributed by atoms with van der Waals surface area (Å²) < 4.78 is 46.8. The van der Waals surface area contributed by atoms with E-state index in [-0.39, 0.29) is 27.6 Å². The van der Waals surface area contributed by atoms with E-state index in [1.54, 1.807) is 13.8 Å². The van der Waals surface area contributed by atoms with E-state index in [4.69, 9.17) is 27.9 Å². The number of carbonyl (C=O) groups is 2. The summed E-state index contributed by atoms with van der Waals surface area (Å²) in [5, 5.41) is -0.896. The fraction of sp³-hybridized carbons (Fsp3) is 0.174. The first-order chi connectivity index (χ1) is 15.7. The van der Waals surface area contributed by atoms with Gasteiger partial charge in [0, 0.05) is 24.7 Å². The Kier molecular flexibility index (Phi) is 7.61. The Hall–Kier alpha value is -3.10. The predicted molar refractivity (Wildman–Crippen MR) is 118 cm³/mol. The van der Waals surface area contributed by atoms with Crippen molar-refractivity contribution in [1.82, 2.24) is 9.88 Å². The average Bonchev–Trinajstić information content (AvgIpc) is 2.77. The van der Waals surface area contributed by atoms with E-state index in [0.29, 0.717) is 13.1 Å². The van der Waals surface area contributed by atoms with Crippen molar-refractivity contribution in [3.63, 3.8) is 0 Å². The van der Waals surface area contributed by atoms with Gasteiger partial charge in [0.15, 0.2) is 11.0 Å². The third-order valence-electron chi connectivity index (χ3n) is 4.81. The van der Waals surface area contributed by atoms with Gasteiger partial charge in [-0.1, -0.05) is 29.3 Å². The highest BCUT2D eigenvalue weighted by Crippen LogP contribution is 2.31. The molecule has 172 valence electrons. The number of aromatic nitrogens is 1. The van der Waals surface area contributed by atoms with Crippen LogP contribution in [0.4, 0.5) is 13.2 Å². The van der Waals surface area contributed by atoms with Crippen molar-refractivity contribution in [2.45, 2.75) is 13.8 Å². The summed E-state index contributed by atoms with van der Waals surface area (Å²) in [5.74, 6) is -4.27. The zero-order chi connectivity index (χ0) is 24.3. The molecule has 0 N–H and O–H groups in total. The number of ether oxygens (including phenoxy) is 1. The van der Waals surface area contributed by atoms with Crippen molar-refractivity contribution in [3.8, 4) is 16.9 Å². The van der Waals surface area contributed by atoms with Crippen LogP contribution in [0.25, 0.3) is 11.1 Å². The van der Waals surface area contributed by atoms with E-state index in [9.17, 15) is 22.8 Å². The molecule has 1 aromatic heterocycles. The van der Waals surface area contributed by atoms with E-state index in [2.05, 4.69) is 4.98 Å². The molecule has 0 aliphatic rings. The number of nitrogens with zero attached hydrogens (tertiary/aromatic N) is 2. The molecule has 0 spiro atoms. The Balaban J connectivity index is 2.07. The molecule has 1 amide bonds. The third-order valence-corrected chi connectivity index (χ3v) is 5.37. The molecule has 2 aromatic carbocycles. The molecule has 0 aliphatic heterocycles. The Morgan fingerprint density at radius 2 is 1.61 bits per heavy atom. The number of pyridine rings is 1. The van der Waals surface area contributed by atoms with Gasteiger partial charge in [0.2, 0.25) is 0 Å². The van der Waals surface area contributed by atoms with E-state index >= 15 is 0 Å². The first kappa shape index (κ1) is 24.5. The molecule has 0 aliphatic carbocycles. The molecule has 0 radical (unpaired) electrons. The molecule has 33 heavy (non-hydrogen) atoms. The monoisotopic (exact) mass is 496 g/mol. The van der Waals surface area contributed by atoms with Crippen LogP contribution in [0.3, 0.4) is 0 Å². The Bertz CT molecular complexity index is 1230. The summed E-state index contributed by atoms with van der Waals surface area (Å²) in [6.07, 6.45) is 0. The smallest absolute Gasteiger partial charge is 0.346 e. The Labute approximate surface area is 197 Å². The predicted octanol–water partition coefficient (Wildman–Crippen LogP) is 6.17. The molecule has 0 unspecified atom stereocenters. The first-order valence-electron chi connectivity index (χ1n) is 9.78. The summed E-state index contributed by atoms with van der Waals surface area (Å²) in [6, 6.07) is 7.84. The summed E-state index contributed by atoms with van der Waals surface area (Å²) in [4.78, 5) is 30.7. The van der Waals surface area contributed by atoms with Crippen molar-refractivity contribution in [1.29, 1.82) is 0 Å². The van der Waals surface area contributed by atoms with Gasteiger partial charge in [0.05, 0.1) is 5.56 Å². The highest BCUT2D eigenvalue weighted by Gasteiger charge is 2.24. The fourth-order valence-electron chi connectivity index (χ4n) is 3.10. The number of benzene rings is 2. The lowest BCUT2D eigenvalue weighted by molar-refractivity contribution is 0.0720. The van der Waals surface area contributed by atoms with Gasteiger partial charge in [-0.25, -0.2) is 22.9 Å². The van der Waals surface area contributed by atoms with Gasteiger partial charge in [-0.3, -0.25) is 4.79 Å². The van der Waals surface area contributed by atoms with Crippen LogP contribution in [0.5, 0.6) is 5.75 Å². The van der Waals surface area contributed by atoms with Crippen molar-refractivity contribution in [2.24, 2.45) is 0 Å². The molecule has 1 heterocycles. The highest BCUT2D eigenvalue weighted by molar-refractivity contribution is 6.34. The maximum Gasteiger partial charge on any atom is 0.346 e. The van der Waals surface area contributed by atoms with Crippen molar-refractivity contribution < 1.29 is 27.5 Å².